The Morgan fingerprint density at radius 2 is 1.94 bits per heavy atom. The minimum atomic E-state index is -1.45. The van der Waals surface area contributed by atoms with Crippen LogP contribution in [-0.4, -0.2) is 76.9 Å². The number of ether oxygens (including phenoxy) is 3. The number of allylic oxidation sites excluding steroid dienone is 1. The van der Waals surface area contributed by atoms with Gasteiger partial charge in [-0.2, -0.15) is 0 Å². The molecule has 8 nitrogen and oxygen atoms in total. The Hall–Kier alpha value is -1.29. The number of hydrogen-bond donors (Lipinski definition) is 4. The standard InChI is InChI=1S/C26H40O8/c1-15-5-8-19-25(2,14-33-24-22(30)21(29)20(28)18(13-27)34-24)10-4-11-26(19,3)17(15)7-6-16-9-12-32-23(16)31/h9,17-22,24,27-30H,1,4-8,10-14H2,2-3H3/t17-,18-,19-,20-,21+,22+,24-,25+,26+/m1/s1. The van der Waals surface area contributed by atoms with Crippen LogP contribution in [0.15, 0.2) is 23.8 Å². The molecule has 0 bridgehead atoms. The fourth-order valence-corrected chi connectivity index (χ4v) is 7.17. The van der Waals surface area contributed by atoms with Crippen LogP contribution in [0.4, 0.5) is 0 Å². The van der Waals surface area contributed by atoms with Gasteiger partial charge < -0.3 is 34.6 Å². The van der Waals surface area contributed by atoms with Gasteiger partial charge in [-0.3, -0.25) is 0 Å². The molecule has 0 aromatic heterocycles. The zero-order chi connectivity index (χ0) is 24.7. The fraction of sp³-hybridized carbons (Fsp3) is 0.808. The van der Waals surface area contributed by atoms with Gasteiger partial charge in [0, 0.05) is 5.57 Å². The lowest BCUT2D eigenvalue weighted by Gasteiger charge is -2.59. The first-order chi connectivity index (χ1) is 16.1. The van der Waals surface area contributed by atoms with Gasteiger partial charge in [-0.15, -0.1) is 0 Å². The van der Waals surface area contributed by atoms with Gasteiger partial charge in [-0.05, 0) is 67.3 Å². The molecule has 2 aliphatic carbocycles. The van der Waals surface area contributed by atoms with E-state index in [2.05, 4.69) is 20.4 Å². The summed E-state index contributed by atoms with van der Waals surface area (Å²) in [6.45, 7) is 9.21. The average Bonchev–Trinajstić information content (AvgIpc) is 3.21. The van der Waals surface area contributed by atoms with Crippen molar-refractivity contribution in [3.63, 3.8) is 0 Å². The van der Waals surface area contributed by atoms with Crippen molar-refractivity contribution in [2.75, 3.05) is 19.8 Å². The summed E-state index contributed by atoms with van der Waals surface area (Å²) in [6.07, 6.45) is 2.15. The van der Waals surface area contributed by atoms with Crippen molar-refractivity contribution in [1.29, 1.82) is 0 Å². The molecule has 0 radical (unpaired) electrons. The van der Waals surface area contributed by atoms with Gasteiger partial charge in [-0.25, -0.2) is 4.79 Å². The average molecular weight is 481 g/mol. The van der Waals surface area contributed by atoms with Crippen LogP contribution in [0.1, 0.15) is 58.8 Å². The molecule has 34 heavy (non-hydrogen) atoms. The Morgan fingerprint density at radius 3 is 2.62 bits per heavy atom. The normalized spacial score (nSPS) is 45.0. The van der Waals surface area contributed by atoms with Crippen LogP contribution in [0.3, 0.4) is 0 Å². The zero-order valence-corrected chi connectivity index (χ0v) is 20.3. The molecule has 0 amide bonds. The highest BCUT2D eigenvalue weighted by Crippen LogP contribution is 2.62. The lowest BCUT2D eigenvalue weighted by atomic mass is 9.47. The second-order valence-electron chi connectivity index (χ2n) is 11.2. The lowest BCUT2D eigenvalue weighted by molar-refractivity contribution is -0.309. The van der Waals surface area contributed by atoms with E-state index in [9.17, 15) is 25.2 Å². The van der Waals surface area contributed by atoms with Gasteiger partial charge in [0.15, 0.2) is 6.29 Å². The third kappa shape index (κ3) is 4.61. The molecule has 2 saturated carbocycles. The van der Waals surface area contributed by atoms with Gasteiger partial charge in [0.05, 0.1) is 13.2 Å². The Bertz CT molecular complexity index is 809. The van der Waals surface area contributed by atoms with E-state index in [4.69, 9.17) is 14.2 Å². The number of fused-ring (bicyclic) bond motifs is 1. The van der Waals surface area contributed by atoms with Crippen LogP contribution in [-0.2, 0) is 19.0 Å². The minimum Gasteiger partial charge on any atom is -0.458 e. The maximum Gasteiger partial charge on any atom is 0.334 e. The monoisotopic (exact) mass is 480 g/mol. The minimum absolute atomic E-state index is 0.0180. The first kappa shape index (κ1) is 25.8. The number of carbonyl (C=O) groups is 1. The summed E-state index contributed by atoms with van der Waals surface area (Å²) in [5.74, 6) is 0.454. The number of hydrogen-bond acceptors (Lipinski definition) is 8. The summed E-state index contributed by atoms with van der Waals surface area (Å²) in [4.78, 5) is 11.9. The third-order valence-electron chi connectivity index (χ3n) is 9.08. The number of rotatable bonds is 7. The number of cyclic esters (lactones) is 1. The van der Waals surface area contributed by atoms with Gasteiger partial charge >= 0.3 is 5.97 Å². The van der Waals surface area contributed by atoms with Gasteiger partial charge in [-0.1, -0.05) is 32.4 Å². The van der Waals surface area contributed by atoms with E-state index in [1.54, 1.807) is 0 Å². The molecule has 192 valence electrons. The molecule has 4 N–H and O–H groups in total. The maximum absolute atomic E-state index is 11.9. The fourth-order valence-electron chi connectivity index (χ4n) is 7.17. The lowest BCUT2D eigenvalue weighted by Crippen LogP contribution is -2.60. The first-order valence-corrected chi connectivity index (χ1v) is 12.6. The summed E-state index contributed by atoms with van der Waals surface area (Å²) in [5, 5.41) is 40.0. The molecular formula is C26H40O8. The number of esters is 1. The van der Waals surface area contributed by atoms with Crippen LogP contribution in [0.2, 0.25) is 0 Å². The molecule has 4 rings (SSSR count). The maximum atomic E-state index is 11.9. The predicted molar refractivity (Wildman–Crippen MR) is 123 cm³/mol. The van der Waals surface area contributed by atoms with E-state index in [1.807, 2.05) is 6.08 Å². The Morgan fingerprint density at radius 1 is 1.18 bits per heavy atom. The van der Waals surface area contributed by atoms with Crippen LogP contribution < -0.4 is 0 Å². The van der Waals surface area contributed by atoms with E-state index < -0.39 is 37.3 Å². The Balaban J connectivity index is 1.46. The molecule has 0 aromatic carbocycles. The zero-order valence-electron chi connectivity index (χ0n) is 20.3. The van der Waals surface area contributed by atoms with E-state index in [1.165, 1.54) is 5.57 Å². The summed E-state index contributed by atoms with van der Waals surface area (Å²) < 4.78 is 16.7. The molecular weight excluding hydrogens is 440 g/mol. The van der Waals surface area contributed by atoms with Gasteiger partial charge in [0.2, 0.25) is 0 Å². The summed E-state index contributed by atoms with van der Waals surface area (Å²) in [5.41, 5.74) is 1.87. The van der Waals surface area contributed by atoms with Crippen molar-refractivity contribution in [3.8, 4) is 0 Å². The molecule has 0 spiro atoms. The Kier molecular flexibility index (Phi) is 7.58. The summed E-state index contributed by atoms with van der Waals surface area (Å²) in [6, 6.07) is 0. The molecule has 2 heterocycles. The number of aliphatic hydroxyl groups excluding tert-OH is 4. The van der Waals surface area contributed by atoms with Gasteiger partial charge in [0.25, 0.3) is 0 Å². The van der Waals surface area contributed by atoms with Crippen LogP contribution in [0.5, 0.6) is 0 Å². The van der Waals surface area contributed by atoms with Crippen LogP contribution in [0.25, 0.3) is 0 Å². The smallest absolute Gasteiger partial charge is 0.334 e. The summed E-state index contributed by atoms with van der Waals surface area (Å²) >= 11 is 0. The predicted octanol–water partition coefficient (Wildman–Crippen LogP) is 1.85. The molecule has 2 aliphatic heterocycles. The summed E-state index contributed by atoms with van der Waals surface area (Å²) in [7, 11) is 0. The molecule has 4 aliphatic rings. The van der Waals surface area contributed by atoms with Crippen molar-refractivity contribution >= 4 is 5.97 Å². The van der Waals surface area contributed by atoms with Crippen LogP contribution >= 0.6 is 0 Å². The topological polar surface area (TPSA) is 126 Å². The first-order valence-electron chi connectivity index (χ1n) is 12.6. The van der Waals surface area contributed by atoms with E-state index in [-0.39, 0.29) is 16.8 Å². The number of aliphatic hydroxyl groups is 4. The second kappa shape index (κ2) is 9.99. The molecule has 0 unspecified atom stereocenters. The van der Waals surface area contributed by atoms with E-state index in [0.29, 0.717) is 31.5 Å². The van der Waals surface area contributed by atoms with Crippen LogP contribution in [0, 0.1) is 22.7 Å². The second-order valence-corrected chi connectivity index (χ2v) is 11.2. The highest BCUT2D eigenvalue weighted by molar-refractivity contribution is 5.90. The molecule has 1 saturated heterocycles. The van der Waals surface area contributed by atoms with Gasteiger partial charge in [0.1, 0.15) is 31.0 Å². The largest absolute Gasteiger partial charge is 0.458 e. The highest BCUT2D eigenvalue weighted by Gasteiger charge is 2.55. The van der Waals surface area contributed by atoms with E-state index in [0.717, 1.165) is 44.1 Å². The van der Waals surface area contributed by atoms with Crippen molar-refractivity contribution in [2.45, 2.75) is 89.5 Å². The van der Waals surface area contributed by atoms with Crippen molar-refractivity contribution < 1.29 is 39.4 Å². The highest BCUT2D eigenvalue weighted by atomic mass is 16.7. The van der Waals surface area contributed by atoms with Crippen molar-refractivity contribution in [1.82, 2.24) is 0 Å². The molecule has 0 aromatic rings. The van der Waals surface area contributed by atoms with E-state index >= 15 is 0 Å². The molecule has 3 fully saturated rings. The number of carbonyl (C=O) groups excluding carboxylic acids is 1. The SMILES string of the molecule is C=C1CC[C@@H]2[C@](C)(CO[C@@H]3O[C@H](CO)[C@@H](O)[C@H](O)[C@@H]3O)CCC[C@@]2(C)[C@@H]1CCC1=CCOC1=O. The van der Waals surface area contributed by atoms with Crippen molar-refractivity contribution in [2.24, 2.45) is 22.7 Å². The third-order valence-corrected chi connectivity index (χ3v) is 9.08. The molecule has 9 atom stereocenters. The quantitative estimate of drug-likeness (QED) is 0.321. The molecule has 8 heteroatoms. The van der Waals surface area contributed by atoms with Crippen molar-refractivity contribution in [3.05, 3.63) is 23.8 Å². The Labute approximate surface area is 201 Å².